The van der Waals surface area contributed by atoms with Gasteiger partial charge >= 0.3 is 0 Å². The smallest absolute Gasteiger partial charge is 0.230 e. The molecular formula is C20H22N4OS2. The molecule has 0 saturated heterocycles. The predicted molar refractivity (Wildman–Crippen MR) is 110 cm³/mol. The van der Waals surface area contributed by atoms with E-state index in [1.165, 1.54) is 22.9 Å². The number of nitrogens with zero attached hydrogens (tertiary/aromatic N) is 3. The van der Waals surface area contributed by atoms with Crippen molar-refractivity contribution in [3.8, 4) is 10.7 Å². The molecule has 0 spiro atoms. The van der Waals surface area contributed by atoms with Gasteiger partial charge in [-0.3, -0.25) is 4.79 Å². The number of thiophene rings is 1. The molecule has 1 aliphatic rings. The Morgan fingerprint density at radius 2 is 2.19 bits per heavy atom. The Balaban J connectivity index is 1.41. The van der Waals surface area contributed by atoms with Crippen LogP contribution in [0.2, 0.25) is 0 Å². The normalized spacial score (nSPS) is 16.1. The van der Waals surface area contributed by atoms with Gasteiger partial charge in [-0.05, 0) is 48.8 Å². The molecule has 0 bridgehead atoms. The number of aromatic nitrogens is 3. The SMILES string of the molecule is CCn1c(SCC(=O)N[C@H]2CCCc3ccccc32)nnc1-c1cccs1. The molecule has 1 atom stereocenters. The summed E-state index contributed by atoms with van der Waals surface area (Å²) in [5, 5.41) is 14.7. The van der Waals surface area contributed by atoms with Gasteiger partial charge in [0.2, 0.25) is 5.91 Å². The third-order valence-electron chi connectivity index (χ3n) is 4.81. The van der Waals surface area contributed by atoms with Crippen molar-refractivity contribution >= 4 is 29.0 Å². The fourth-order valence-corrected chi connectivity index (χ4v) is 5.07. The van der Waals surface area contributed by atoms with E-state index in [9.17, 15) is 4.79 Å². The lowest BCUT2D eigenvalue weighted by molar-refractivity contribution is -0.119. The Morgan fingerprint density at radius 1 is 1.30 bits per heavy atom. The number of hydrogen-bond donors (Lipinski definition) is 1. The maximum absolute atomic E-state index is 12.5. The molecule has 1 amide bonds. The number of thioether (sulfide) groups is 1. The van der Waals surface area contributed by atoms with E-state index in [1.807, 2.05) is 23.6 Å². The molecule has 1 aromatic carbocycles. The van der Waals surface area contributed by atoms with E-state index in [0.717, 1.165) is 41.7 Å². The molecule has 0 unspecified atom stereocenters. The fourth-order valence-electron chi connectivity index (χ4n) is 3.54. The first-order valence-electron chi connectivity index (χ1n) is 9.23. The number of carbonyl (C=O) groups is 1. The molecule has 3 aromatic rings. The van der Waals surface area contributed by atoms with Crippen molar-refractivity contribution in [2.24, 2.45) is 0 Å². The molecule has 4 rings (SSSR count). The van der Waals surface area contributed by atoms with Crippen molar-refractivity contribution in [2.75, 3.05) is 5.75 Å². The number of aryl methyl sites for hydroxylation is 1. The monoisotopic (exact) mass is 398 g/mol. The number of hydrogen-bond acceptors (Lipinski definition) is 5. The summed E-state index contributed by atoms with van der Waals surface area (Å²) in [5.41, 5.74) is 2.62. The van der Waals surface area contributed by atoms with E-state index in [1.54, 1.807) is 11.3 Å². The number of amides is 1. The van der Waals surface area contributed by atoms with Crippen molar-refractivity contribution in [1.82, 2.24) is 20.1 Å². The lowest BCUT2D eigenvalue weighted by Crippen LogP contribution is -2.32. The second-order valence-corrected chi connectivity index (χ2v) is 8.42. The van der Waals surface area contributed by atoms with Crippen molar-refractivity contribution < 1.29 is 4.79 Å². The Labute approximate surface area is 167 Å². The second kappa shape index (κ2) is 8.27. The highest BCUT2D eigenvalue weighted by atomic mass is 32.2. The summed E-state index contributed by atoms with van der Waals surface area (Å²) in [5.74, 6) is 1.27. The Kier molecular flexibility index (Phi) is 5.59. The van der Waals surface area contributed by atoms with Gasteiger partial charge in [0.05, 0.1) is 16.7 Å². The zero-order chi connectivity index (χ0) is 18.6. The number of carbonyl (C=O) groups excluding carboxylic acids is 1. The topological polar surface area (TPSA) is 59.8 Å². The molecule has 1 aliphatic carbocycles. The third kappa shape index (κ3) is 3.94. The van der Waals surface area contributed by atoms with Crippen LogP contribution in [0.3, 0.4) is 0 Å². The average molecular weight is 399 g/mol. The molecule has 140 valence electrons. The minimum atomic E-state index is 0.0463. The molecule has 0 radical (unpaired) electrons. The highest BCUT2D eigenvalue weighted by Crippen LogP contribution is 2.30. The van der Waals surface area contributed by atoms with E-state index in [4.69, 9.17) is 0 Å². The summed E-state index contributed by atoms with van der Waals surface area (Å²) >= 11 is 3.10. The van der Waals surface area contributed by atoms with Crippen LogP contribution < -0.4 is 5.32 Å². The van der Waals surface area contributed by atoms with Gasteiger partial charge in [0.25, 0.3) is 0 Å². The first kappa shape index (κ1) is 18.3. The summed E-state index contributed by atoms with van der Waals surface area (Å²) < 4.78 is 2.07. The molecule has 0 saturated carbocycles. The van der Waals surface area contributed by atoms with Gasteiger partial charge in [0.15, 0.2) is 11.0 Å². The zero-order valence-corrected chi connectivity index (χ0v) is 16.9. The van der Waals surface area contributed by atoms with Crippen LogP contribution in [0.4, 0.5) is 0 Å². The largest absolute Gasteiger partial charge is 0.349 e. The van der Waals surface area contributed by atoms with E-state index >= 15 is 0 Å². The molecule has 1 N–H and O–H groups in total. The number of rotatable bonds is 6. The highest BCUT2D eigenvalue weighted by molar-refractivity contribution is 7.99. The maximum atomic E-state index is 12.5. The molecule has 7 heteroatoms. The van der Waals surface area contributed by atoms with Gasteiger partial charge in [-0.25, -0.2) is 0 Å². The molecule has 27 heavy (non-hydrogen) atoms. The third-order valence-corrected chi connectivity index (χ3v) is 6.64. The van der Waals surface area contributed by atoms with Crippen LogP contribution in [-0.4, -0.2) is 26.4 Å². The fraction of sp³-hybridized carbons (Fsp3) is 0.350. The average Bonchev–Trinajstić information content (AvgIpc) is 3.36. The van der Waals surface area contributed by atoms with E-state index in [0.29, 0.717) is 5.75 Å². The Hall–Kier alpha value is -2.12. The van der Waals surface area contributed by atoms with Gasteiger partial charge in [-0.2, -0.15) is 0 Å². The molecule has 2 heterocycles. The lowest BCUT2D eigenvalue weighted by atomic mass is 9.88. The van der Waals surface area contributed by atoms with Crippen LogP contribution in [0, 0.1) is 0 Å². The van der Waals surface area contributed by atoms with Gasteiger partial charge in [0, 0.05) is 6.54 Å². The molecule has 2 aromatic heterocycles. The highest BCUT2D eigenvalue weighted by Gasteiger charge is 2.22. The summed E-state index contributed by atoms with van der Waals surface area (Å²) in [7, 11) is 0. The summed E-state index contributed by atoms with van der Waals surface area (Å²) in [6.07, 6.45) is 3.22. The number of nitrogens with one attached hydrogen (secondary N) is 1. The van der Waals surface area contributed by atoms with E-state index in [-0.39, 0.29) is 11.9 Å². The summed E-state index contributed by atoms with van der Waals surface area (Å²) in [6, 6.07) is 12.6. The number of fused-ring (bicyclic) bond motifs is 1. The second-order valence-electron chi connectivity index (χ2n) is 6.53. The first-order chi connectivity index (χ1) is 13.3. The van der Waals surface area contributed by atoms with E-state index in [2.05, 4.69) is 45.2 Å². The molecule has 5 nitrogen and oxygen atoms in total. The Morgan fingerprint density at radius 3 is 3.00 bits per heavy atom. The van der Waals surface area contributed by atoms with Gasteiger partial charge in [0.1, 0.15) is 0 Å². The van der Waals surface area contributed by atoms with Crippen molar-refractivity contribution in [3.63, 3.8) is 0 Å². The molecule has 0 aliphatic heterocycles. The standard InChI is InChI=1S/C20H22N4OS2/c1-2-24-19(17-11-6-12-26-17)22-23-20(24)27-13-18(25)21-16-10-5-8-14-7-3-4-9-15(14)16/h3-4,6-7,9,11-12,16H,2,5,8,10,13H2,1H3,(H,21,25)/t16-/m0/s1. The van der Waals surface area contributed by atoms with Gasteiger partial charge in [-0.15, -0.1) is 21.5 Å². The summed E-state index contributed by atoms with van der Waals surface area (Å²) in [4.78, 5) is 13.6. The van der Waals surface area contributed by atoms with Gasteiger partial charge in [-0.1, -0.05) is 42.1 Å². The minimum absolute atomic E-state index is 0.0463. The lowest BCUT2D eigenvalue weighted by Gasteiger charge is -2.26. The van der Waals surface area contributed by atoms with Crippen LogP contribution in [0.25, 0.3) is 10.7 Å². The quantitative estimate of drug-likeness (QED) is 0.629. The first-order valence-corrected chi connectivity index (χ1v) is 11.1. The van der Waals surface area contributed by atoms with Crippen LogP contribution >= 0.6 is 23.1 Å². The molecule has 0 fully saturated rings. The predicted octanol–water partition coefficient (Wildman–Crippen LogP) is 4.31. The van der Waals surface area contributed by atoms with Crippen molar-refractivity contribution in [1.29, 1.82) is 0 Å². The zero-order valence-electron chi connectivity index (χ0n) is 15.2. The van der Waals surface area contributed by atoms with Crippen LogP contribution in [0.1, 0.15) is 36.9 Å². The number of benzene rings is 1. The summed E-state index contributed by atoms with van der Waals surface area (Å²) in [6.45, 7) is 2.85. The maximum Gasteiger partial charge on any atom is 0.230 e. The van der Waals surface area contributed by atoms with Crippen LogP contribution in [0.5, 0.6) is 0 Å². The minimum Gasteiger partial charge on any atom is -0.349 e. The Bertz CT molecular complexity index is 920. The van der Waals surface area contributed by atoms with Crippen molar-refractivity contribution in [3.05, 3.63) is 52.9 Å². The van der Waals surface area contributed by atoms with Crippen molar-refractivity contribution in [2.45, 2.75) is 43.9 Å². The van der Waals surface area contributed by atoms with Gasteiger partial charge < -0.3 is 9.88 Å². The van der Waals surface area contributed by atoms with Crippen LogP contribution in [0.15, 0.2) is 46.9 Å². The molecular weight excluding hydrogens is 376 g/mol. The van der Waals surface area contributed by atoms with E-state index < -0.39 is 0 Å². The van der Waals surface area contributed by atoms with Crippen LogP contribution in [-0.2, 0) is 17.8 Å².